The number of hydrogen-bond acceptors (Lipinski definition) is 3. The largest absolute Gasteiger partial charge is 0.347 e. The number of rotatable bonds is 3. The zero-order valence-electron chi connectivity index (χ0n) is 9.91. The fraction of sp³-hybridized carbons (Fsp3) is 0.583. The zero-order chi connectivity index (χ0) is 12.3. The van der Waals surface area contributed by atoms with Crippen LogP contribution in [0.15, 0.2) is 15.9 Å². The van der Waals surface area contributed by atoms with Crippen LogP contribution < -0.4 is 5.32 Å². The second kappa shape index (κ2) is 5.98. The SMILES string of the molecule is CCN1CCCC(NC(=O)c2ccc(Br)s2)C1. The average Bonchev–Trinajstić information content (AvgIpc) is 2.76. The summed E-state index contributed by atoms with van der Waals surface area (Å²) in [6.07, 6.45) is 2.27. The van der Waals surface area contributed by atoms with Crippen LogP contribution in [0.2, 0.25) is 0 Å². The zero-order valence-corrected chi connectivity index (χ0v) is 12.3. The summed E-state index contributed by atoms with van der Waals surface area (Å²) in [6, 6.07) is 4.08. The number of hydrogen-bond donors (Lipinski definition) is 1. The molecule has 0 radical (unpaired) electrons. The van der Waals surface area contributed by atoms with Crippen LogP contribution in [-0.2, 0) is 0 Å². The van der Waals surface area contributed by atoms with Crippen LogP contribution >= 0.6 is 27.3 Å². The molecule has 1 aromatic rings. The molecule has 1 aromatic heterocycles. The van der Waals surface area contributed by atoms with Gasteiger partial charge in [0.25, 0.3) is 5.91 Å². The van der Waals surface area contributed by atoms with E-state index in [0.717, 1.165) is 34.7 Å². The third-order valence-electron chi connectivity index (χ3n) is 3.08. The Bertz CT molecular complexity index is 394. The Morgan fingerprint density at radius 1 is 1.65 bits per heavy atom. The maximum Gasteiger partial charge on any atom is 0.261 e. The molecule has 3 nitrogen and oxygen atoms in total. The first-order valence-corrected chi connectivity index (χ1v) is 7.58. The standard InChI is InChI=1S/C12H17BrN2OS/c1-2-15-7-3-4-9(8-15)14-12(16)10-5-6-11(13)17-10/h5-6,9H,2-4,7-8H2,1H3,(H,14,16). The fourth-order valence-electron chi connectivity index (χ4n) is 2.15. The molecule has 0 bridgehead atoms. The number of amides is 1. The van der Waals surface area contributed by atoms with Crippen LogP contribution in [0.25, 0.3) is 0 Å². The van der Waals surface area contributed by atoms with Gasteiger partial charge < -0.3 is 10.2 Å². The first-order chi connectivity index (χ1) is 8.19. The molecular weight excluding hydrogens is 300 g/mol. The van der Waals surface area contributed by atoms with E-state index < -0.39 is 0 Å². The minimum Gasteiger partial charge on any atom is -0.347 e. The lowest BCUT2D eigenvalue weighted by molar-refractivity contribution is 0.0910. The molecule has 1 atom stereocenters. The number of halogens is 1. The Hall–Kier alpha value is -0.390. The normalized spacial score (nSPS) is 21.4. The summed E-state index contributed by atoms with van der Waals surface area (Å²) in [5, 5.41) is 3.12. The number of likely N-dealkylation sites (tertiary alicyclic amines) is 1. The van der Waals surface area contributed by atoms with E-state index in [4.69, 9.17) is 0 Å². The van der Waals surface area contributed by atoms with Gasteiger partial charge in [-0.3, -0.25) is 4.79 Å². The van der Waals surface area contributed by atoms with Crippen LogP contribution in [0.4, 0.5) is 0 Å². The molecule has 1 saturated heterocycles. The highest BCUT2D eigenvalue weighted by Crippen LogP contribution is 2.22. The predicted molar refractivity (Wildman–Crippen MR) is 74.6 cm³/mol. The van der Waals surface area contributed by atoms with Gasteiger partial charge in [0.15, 0.2) is 0 Å². The summed E-state index contributed by atoms with van der Waals surface area (Å²) in [7, 11) is 0. The van der Waals surface area contributed by atoms with Gasteiger partial charge >= 0.3 is 0 Å². The second-order valence-corrected chi connectivity index (χ2v) is 6.77. The van der Waals surface area contributed by atoms with Gasteiger partial charge in [0.1, 0.15) is 0 Å². The first kappa shape index (κ1) is 13.1. The number of nitrogens with one attached hydrogen (secondary N) is 1. The van der Waals surface area contributed by atoms with E-state index in [-0.39, 0.29) is 5.91 Å². The van der Waals surface area contributed by atoms with Crippen molar-refractivity contribution in [3.63, 3.8) is 0 Å². The molecule has 94 valence electrons. The molecule has 5 heteroatoms. The van der Waals surface area contributed by atoms with Gasteiger partial charge in [-0.25, -0.2) is 0 Å². The smallest absolute Gasteiger partial charge is 0.261 e. The molecule has 1 aliphatic heterocycles. The summed E-state index contributed by atoms with van der Waals surface area (Å²) < 4.78 is 1.00. The third kappa shape index (κ3) is 3.53. The molecule has 2 rings (SSSR count). The van der Waals surface area contributed by atoms with Crippen molar-refractivity contribution >= 4 is 33.2 Å². The van der Waals surface area contributed by atoms with Crippen molar-refractivity contribution in [1.29, 1.82) is 0 Å². The van der Waals surface area contributed by atoms with Crippen molar-refractivity contribution in [3.8, 4) is 0 Å². The van der Waals surface area contributed by atoms with Crippen molar-refractivity contribution in [2.45, 2.75) is 25.8 Å². The third-order valence-corrected chi connectivity index (χ3v) is 4.71. The highest BCUT2D eigenvalue weighted by molar-refractivity contribution is 9.11. The molecule has 0 saturated carbocycles. The molecule has 0 aromatic carbocycles. The van der Waals surface area contributed by atoms with Crippen molar-refractivity contribution in [2.24, 2.45) is 0 Å². The van der Waals surface area contributed by atoms with Gasteiger partial charge in [0.05, 0.1) is 8.66 Å². The van der Waals surface area contributed by atoms with Crippen LogP contribution in [0.1, 0.15) is 29.4 Å². The van der Waals surface area contributed by atoms with E-state index in [2.05, 4.69) is 33.1 Å². The van der Waals surface area contributed by atoms with Crippen molar-refractivity contribution < 1.29 is 4.79 Å². The maximum atomic E-state index is 12.0. The lowest BCUT2D eigenvalue weighted by Crippen LogP contribution is -2.47. The average molecular weight is 317 g/mol. The summed E-state index contributed by atoms with van der Waals surface area (Å²) in [5.41, 5.74) is 0. The molecule has 0 aliphatic carbocycles. The topological polar surface area (TPSA) is 32.3 Å². The molecule has 17 heavy (non-hydrogen) atoms. The van der Waals surface area contributed by atoms with E-state index in [1.165, 1.54) is 17.8 Å². The minimum atomic E-state index is 0.0589. The Labute approximate surface area is 114 Å². The summed E-state index contributed by atoms with van der Waals surface area (Å²) >= 11 is 4.86. The van der Waals surface area contributed by atoms with Crippen LogP contribution in [0.5, 0.6) is 0 Å². The van der Waals surface area contributed by atoms with Crippen molar-refractivity contribution in [3.05, 3.63) is 20.8 Å². The van der Waals surface area contributed by atoms with Crippen molar-refractivity contribution in [2.75, 3.05) is 19.6 Å². The highest BCUT2D eigenvalue weighted by Gasteiger charge is 2.21. The highest BCUT2D eigenvalue weighted by atomic mass is 79.9. The predicted octanol–water partition coefficient (Wildman–Crippen LogP) is 2.72. The molecule has 1 N–H and O–H groups in total. The monoisotopic (exact) mass is 316 g/mol. The Morgan fingerprint density at radius 2 is 2.47 bits per heavy atom. The lowest BCUT2D eigenvalue weighted by atomic mass is 10.1. The van der Waals surface area contributed by atoms with Gasteiger partial charge in [-0.15, -0.1) is 11.3 Å². The number of nitrogens with zero attached hydrogens (tertiary/aromatic N) is 1. The Balaban J connectivity index is 1.90. The molecule has 0 spiro atoms. The fourth-order valence-corrected chi connectivity index (χ4v) is 3.44. The number of likely N-dealkylation sites (N-methyl/N-ethyl adjacent to an activating group) is 1. The number of carbonyl (C=O) groups excluding carboxylic acids is 1. The van der Waals surface area contributed by atoms with E-state index in [1.54, 1.807) is 0 Å². The van der Waals surface area contributed by atoms with Gasteiger partial charge in [-0.05, 0) is 54.0 Å². The quantitative estimate of drug-likeness (QED) is 0.930. The summed E-state index contributed by atoms with van der Waals surface area (Å²) in [4.78, 5) is 15.2. The minimum absolute atomic E-state index is 0.0589. The van der Waals surface area contributed by atoms with Gasteiger partial charge in [-0.2, -0.15) is 0 Å². The van der Waals surface area contributed by atoms with Gasteiger partial charge in [0, 0.05) is 12.6 Å². The Morgan fingerprint density at radius 3 is 3.12 bits per heavy atom. The van der Waals surface area contributed by atoms with E-state index in [0.29, 0.717) is 6.04 Å². The van der Waals surface area contributed by atoms with Gasteiger partial charge in [0.2, 0.25) is 0 Å². The number of carbonyl (C=O) groups is 1. The van der Waals surface area contributed by atoms with Crippen LogP contribution in [0.3, 0.4) is 0 Å². The van der Waals surface area contributed by atoms with E-state index >= 15 is 0 Å². The molecule has 1 fully saturated rings. The summed E-state index contributed by atoms with van der Waals surface area (Å²) in [5.74, 6) is 0.0589. The number of thiophene rings is 1. The molecule has 1 amide bonds. The van der Waals surface area contributed by atoms with Crippen LogP contribution in [-0.4, -0.2) is 36.5 Å². The van der Waals surface area contributed by atoms with E-state index in [1.807, 2.05) is 12.1 Å². The molecule has 2 heterocycles. The summed E-state index contributed by atoms with van der Waals surface area (Å²) in [6.45, 7) is 5.37. The lowest BCUT2D eigenvalue weighted by Gasteiger charge is -2.32. The number of piperidine rings is 1. The van der Waals surface area contributed by atoms with E-state index in [9.17, 15) is 4.79 Å². The van der Waals surface area contributed by atoms with Gasteiger partial charge in [-0.1, -0.05) is 6.92 Å². The van der Waals surface area contributed by atoms with Crippen molar-refractivity contribution in [1.82, 2.24) is 10.2 Å². The maximum absolute atomic E-state index is 12.0. The molecule has 1 aliphatic rings. The molecular formula is C12H17BrN2OS. The Kier molecular flexibility index (Phi) is 4.59. The van der Waals surface area contributed by atoms with Crippen LogP contribution in [0, 0.1) is 0 Å². The molecule has 1 unspecified atom stereocenters. The first-order valence-electron chi connectivity index (χ1n) is 5.97. The second-order valence-electron chi connectivity index (χ2n) is 4.31.